The van der Waals surface area contributed by atoms with Crippen molar-refractivity contribution in [1.29, 1.82) is 5.26 Å². The standard InChI is InChI=1S/C15H18N4O/c1-20-7-6-15(4-5-15)10-19-13-8-11(9-16)2-3-12(13)18-14(19)17/h2-3,8H,4-7,10H2,1H3,(H2,17,18). The van der Waals surface area contributed by atoms with Crippen LogP contribution in [0.5, 0.6) is 0 Å². The van der Waals surface area contributed by atoms with Crippen LogP contribution in [0.25, 0.3) is 11.0 Å². The van der Waals surface area contributed by atoms with Crippen LogP contribution in [-0.4, -0.2) is 23.3 Å². The Hall–Kier alpha value is -2.06. The van der Waals surface area contributed by atoms with Gasteiger partial charge in [-0.2, -0.15) is 5.26 Å². The Morgan fingerprint density at radius 3 is 2.95 bits per heavy atom. The first-order valence-corrected chi connectivity index (χ1v) is 6.82. The molecule has 0 unspecified atom stereocenters. The average Bonchev–Trinajstić information content (AvgIpc) is 3.16. The zero-order valence-electron chi connectivity index (χ0n) is 11.6. The van der Waals surface area contributed by atoms with E-state index in [9.17, 15) is 0 Å². The van der Waals surface area contributed by atoms with Crippen LogP contribution in [0, 0.1) is 16.7 Å². The van der Waals surface area contributed by atoms with E-state index in [4.69, 9.17) is 15.7 Å². The lowest BCUT2D eigenvalue weighted by Gasteiger charge is -2.17. The second-order valence-corrected chi connectivity index (χ2v) is 5.61. The number of benzene rings is 1. The van der Waals surface area contributed by atoms with Crippen molar-refractivity contribution in [2.24, 2.45) is 5.41 Å². The molecule has 1 heterocycles. The van der Waals surface area contributed by atoms with Crippen molar-refractivity contribution in [3.8, 4) is 6.07 Å². The number of nitrogens with zero attached hydrogens (tertiary/aromatic N) is 3. The first-order valence-electron chi connectivity index (χ1n) is 6.82. The van der Waals surface area contributed by atoms with Crippen LogP contribution in [0.4, 0.5) is 5.95 Å². The second kappa shape index (κ2) is 4.80. The fourth-order valence-electron chi connectivity index (χ4n) is 2.69. The summed E-state index contributed by atoms with van der Waals surface area (Å²) >= 11 is 0. The van der Waals surface area contributed by atoms with Crippen LogP contribution in [0.3, 0.4) is 0 Å². The van der Waals surface area contributed by atoms with E-state index in [0.29, 0.717) is 16.9 Å². The molecule has 1 aliphatic rings. The lowest BCUT2D eigenvalue weighted by atomic mass is 10.0. The number of nitriles is 1. The summed E-state index contributed by atoms with van der Waals surface area (Å²) in [7, 11) is 1.73. The molecule has 5 nitrogen and oxygen atoms in total. The molecule has 0 spiro atoms. The van der Waals surface area contributed by atoms with E-state index in [1.165, 1.54) is 12.8 Å². The zero-order chi connectivity index (χ0) is 14.2. The van der Waals surface area contributed by atoms with Gasteiger partial charge in [0.05, 0.1) is 22.7 Å². The highest BCUT2D eigenvalue weighted by Crippen LogP contribution is 2.50. The summed E-state index contributed by atoms with van der Waals surface area (Å²) in [4.78, 5) is 4.38. The number of anilines is 1. The van der Waals surface area contributed by atoms with E-state index < -0.39 is 0 Å². The molecule has 104 valence electrons. The van der Waals surface area contributed by atoms with Crippen LogP contribution in [0.15, 0.2) is 18.2 Å². The minimum atomic E-state index is 0.292. The van der Waals surface area contributed by atoms with Crippen LogP contribution in [-0.2, 0) is 11.3 Å². The van der Waals surface area contributed by atoms with Gasteiger partial charge in [0, 0.05) is 20.3 Å². The number of imidazole rings is 1. The van der Waals surface area contributed by atoms with Gasteiger partial charge in [-0.25, -0.2) is 4.98 Å². The first-order chi connectivity index (χ1) is 9.67. The summed E-state index contributed by atoms with van der Waals surface area (Å²) in [6.45, 7) is 1.63. The van der Waals surface area contributed by atoms with Gasteiger partial charge < -0.3 is 15.0 Å². The third-order valence-corrected chi connectivity index (χ3v) is 4.19. The van der Waals surface area contributed by atoms with Crippen LogP contribution in [0.1, 0.15) is 24.8 Å². The number of methoxy groups -OCH3 is 1. The summed E-state index contributed by atoms with van der Waals surface area (Å²) < 4.78 is 7.23. The fraction of sp³-hybridized carbons (Fsp3) is 0.467. The third kappa shape index (κ3) is 2.23. The van der Waals surface area contributed by atoms with E-state index in [-0.39, 0.29) is 0 Å². The lowest BCUT2D eigenvalue weighted by Crippen LogP contribution is -2.15. The minimum Gasteiger partial charge on any atom is -0.385 e. The zero-order valence-corrected chi connectivity index (χ0v) is 11.6. The van der Waals surface area contributed by atoms with Gasteiger partial charge in [0.2, 0.25) is 5.95 Å². The van der Waals surface area contributed by atoms with Crippen molar-refractivity contribution < 1.29 is 4.74 Å². The molecule has 1 aliphatic carbocycles. The summed E-state index contributed by atoms with van der Waals surface area (Å²) in [6, 6.07) is 7.66. The number of nitrogen functional groups attached to an aromatic ring is 1. The number of rotatable bonds is 5. The molecule has 0 atom stereocenters. The Morgan fingerprint density at radius 2 is 2.30 bits per heavy atom. The summed E-state index contributed by atoms with van der Waals surface area (Å²) in [5.41, 5.74) is 8.78. The van der Waals surface area contributed by atoms with E-state index in [1.807, 2.05) is 16.7 Å². The van der Waals surface area contributed by atoms with Crippen LogP contribution >= 0.6 is 0 Å². The van der Waals surface area contributed by atoms with Gasteiger partial charge in [-0.15, -0.1) is 0 Å². The predicted octanol–water partition coefficient (Wildman–Crippen LogP) is 2.31. The monoisotopic (exact) mass is 270 g/mol. The molecule has 5 heteroatoms. The summed E-state index contributed by atoms with van der Waals surface area (Å²) in [5, 5.41) is 9.03. The molecule has 0 radical (unpaired) electrons. The number of hydrogen-bond donors (Lipinski definition) is 1. The first kappa shape index (κ1) is 12.9. The van der Waals surface area contributed by atoms with Crippen molar-refractivity contribution in [1.82, 2.24) is 9.55 Å². The molecule has 1 fully saturated rings. The highest BCUT2D eigenvalue weighted by Gasteiger charge is 2.42. The quantitative estimate of drug-likeness (QED) is 0.904. The van der Waals surface area contributed by atoms with Gasteiger partial charge >= 0.3 is 0 Å². The Bertz CT molecular complexity index is 679. The lowest BCUT2D eigenvalue weighted by molar-refractivity contribution is 0.167. The highest BCUT2D eigenvalue weighted by molar-refractivity contribution is 5.79. The fourth-order valence-corrected chi connectivity index (χ4v) is 2.69. The van der Waals surface area contributed by atoms with Gasteiger partial charge in [0.25, 0.3) is 0 Å². The number of ether oxygens (including phenoxy) is 1. The molecule has 0 amide bonds. The van der Waals surface area contributed by atoms with E-state index in [0.717, 1.165) is 30.6 Å². The van der Waals surface area contributed by atoms with E-state index in [1.54, 1.807) is 13.2 Å². The number of fused-ring (bicyclic) bond motifs is 1. The maximum absolute atomic E-state index is 9.03. The minimum absolute atomic E-state index is 0.292. The predicted molar refractivity (Wildman–Crippen MR) is 77.0 cm³/mol. The maximum atomic E-state index is 9.03. The van der Waals surface area contributed by atoms with Gasteiger partial charge in [-0.1, -0.05) is 0 Å². The highest BCUT2D eigenvalue weighted by atomic mass is 16.5. The molecular weight excluding hydrogens is 252 g/mol. The molecule has 1 aromatic carbocycles. The number of nitrogens with two attached hydrogens (primary N) is 1. The second-order valence-electron chi connectivity index (χ2n) is 5.61. The van der Waals surface area contributed by atoms with Crippen LogP contribution in [0.2, 0.25) is 0 Å². The van der Waals surface area contributed by atoms with Crippen molar-refractivity contribution in [3.05, 3.63) is 23.8 Å². The molecule has 1 saturated carbocycles. The maximum Gasteiger partial charge on any atom is 0.201 e. The van der Waals surface area contributed by atoms with Crippen molar-refractivity contribution in [2.45, 2.75) is 25.8 Å². The molecule has 0 aliphatic heterocycles. The molecule has 2 N–H and O–H groups in total. The Labute approximate surface area is 118 Å². The Kier molecular flexibility index (Phi) is 3.11. The normalized spacial score (nSPS) is 16.2. The number of aromatic nitrogens is 2. The van der Waals surface area contributed by atoms with Crippen molar-refractivity contribution in [2.75, 3.05) is 19.5 Å². The topological polar surface area (TPSA) is 76.9 Å². The van der Waals surface area contributed by atoms with Crippen molar-refractivity contribution in [3.63, 3.8) is 0 Å². The largest absolute Gasteiger partial charge is 0.385 e. The Morgan fingerprint density at radius 1 is 1.50 bits per heavy atom. The summed E-state index contributed by atoms with van der Waals surface area (Å²) in [6.07, 6.45) is 3.45. The van der Waals surface area contributed by atoms with Crippen LogP contribution < -0.4 is 5.73 Å². The molecule has 0 saturated heterocycles. The van der Waals surface area contributed by atoms with Gasteiger partial charge in [-0.05, 0) is 42.9 Å². The SMILES string of the molecule is COCCC1(Cn2c(N)nc3ccc(C#N)cc32)CC1. The van der Waals surface area contributed by atoms with E-state index in [2.05, 4.69) is 11.1 Å². The van der Waals surface area contributed by atoms with Gasteiger partial charge in [0.15, 0.2) is 0 Å². The van der Waals surface area contributed by atoms with Crippen molar-refractivity contribution >= 4 is 17.0 Å². The molecule has 0 bridgehead atoms. The summed E-state index contributed by atoms with van der Waals surface area (Å²) in [5.74, 6) is 0.527. The molecule has 20 heavy (non-hydrogen) atoms. The molecule has 3 rings (SSSR count). The average molecular weight is 270 g/mol. The van der Waals surface area contributed by atoms with Gasteiger partial charge in [-0.3, -0.25) is 0 Å². The molecule has 1 aromatic heterocycles. The van der Waals surface area contributed by atoms with E-state index >= 15 is 0 Å². The van der Waals surface area contributed by atoms with Gasteiger partial charge in [0.1, 0.15) is 0 Å². The molecular formula is C15H18N4O. The Balaban J connectivity index is 1.95. The number of hydrogen-bond acceptors (Lipinski definition) is 4. The molecule has 2 aromatic rings. The third-order valence-electron chi connectivity index (χ3n) is 4.19. The smallest absolute Gasteiger partial charge is 0.201 e.